The minimum Gasteiger partial charge on any atom is -0.347 e. The summed E-state index contributed by atoms with van der Waals surface area (Å²) in [6.07, 6.45) is 0. The summed E-state index contributed by atoms with van der Waals surface area (Å²) >= 11 is 0. The maximum absolute atomic E-state index is 12.3. The van der Waals surface area contributed by atoms with Crippen LogP contribution in [-0.4, -0.2) is 28.1 Å². The Bertz CT molecular complexity index is 979. The Morgan fingerprint density at radius 3 is 2.46 bits per heavy atom. The van der Waals surface area contributed by atoms with Gasteiger partial charge >= 0.3 is 11.8 Å². The van der Waals surface area contributed by atoms with Crippen LogP contribution in [0.25, 0.3) is 5.69 Å². The molecule has 0 unspecified atom stereocenters. The molecule has 3 aromatic rings. The number of nitrogens with one attached hydrogen (secondary N) is 2. The molecule has 144 valence electrons. The van der Waals surface area contributed by atoms with Gasteiger partial charge in [0.25, 0.3) is 0 Å². The van der Waals surface area contributed by atoms with Crippen LogP contribution in [0.5, 0.6) is 0 Å². The highest BCUT2D eigenvalue weighted by Crippen LogP contribution is 2.17. The predicted octanol–water partition coefficient (Wildman–Crippen LogP) is 3.35. The van der Waals surface area contributed by atoms with Crippen LogP contribution >= 0.6 is 0 Å². The minimum absolute atomic E-state index is 0.105. The van der Waals surface area contributed by atoms with Crippen molar-refractivity contribution >= 4 is 17.6 Å². The molecular weight excluding hydrogens is 352 g/mol. The molecule has 1 aromatic heterocycles. The molecule has 28 heavy (non-hydrogen) atoms. The summed E-state index contributed by atoms with van der Waals surface area (Å²) in [7, 11) is 0. The number of para-hydroxylation sites is 1. The molecule has 6 nitrogen and oxygen atoms in total. The van der Waals surface area contributed by atoms with Gasteiger partial charge in [0.1, 0.15) is 5.82 Å². The largest absolute Gasteiger partial charge is 0.347 e. The van der Waals surface area contributed by atoms with Crippen molar-refractivity contribution in [2.45, 2.75) is 26.7 Å². The van der Waals surface area contributed by atoms with Crippen LogP contribution in [-0.2, 0) is 9.59 Å². The molecule has 2 aromatic carbocycles. The molecule has 0 radical (unpaired) electrons. The first-order valence-electron chi connectivity index (χ1n) is 9.22. The smallest absolute Gasteiger partial charge is 0.314 e. The normalized spacial score (nSPS) is 11.7. The highest BCUT2D eigenvalue weighted by atomic mass is 16.2. The number of aryl methyl sites for hydroxylation is 2. The number of anilines is 1. The lowest BCUT2D eigenvalue weighted by atomic mass is 9.99. The van der Waals surface area contributed by atoms with Crippen molar-refractivity contribution in [3.05, 3.63) is 77.5 Å². The van der Waals surface area contributed by atoms with Crippen LogP contribution in [0.3, 0.4) is 0 Å². The van der Waals surface area contributed by atoms with Gasteiger partial charge in [-0.1, -0.05) is 55.0 Å². The molecule has 2 N–H and O–H groups in total. The summed E-state index contributed by atoms with van der Waals surface area (Å²) in [6, 6.07) is 19.3. The van der Waals surface area contributed by atoms with E-state index in [0.717, 1.165) is 22.5 Å². The second kappa shape index (κ2) is 8.52. The average molecular weight is 376 g/mol. The zero-order chi connectivity index (χ0) is 20.1. The van der Waals surface area contributed by atoms with E-state index in [-0.39, 0.29) is 5.92 Å². The van der Waals surface area contributed by atoms with E-state index in [0.29, 0.717) is 12.4 Å². The lowest BCUT2D eigenvalue weighted by Crippen LogP contribution is -2.37. The predicted molar refractivity (Wildman–Crippen MR) is 110 cm³/mol. The highest BCUT2D eigenvalue weighted by Gasteiger charge is 2.18. The number of amides is 2. The molecule has 6 heteroatoms. The van der Waals surface area contributed by atoms with Crippen molar-refractivity contribution in [2.75, 3.05) is 11.9 Å². The van der Waals surface area contributed by atoms with Gasteiger partial charge in [0.15, 0.2) is 0 Å². The molecule has 3 rings (SSSR count). The van der Waals surface area contributed by atoms with Gasteiger partial charge in [-0.05, 0) is 37.5 Å². The van der Waals surface area contributed by atoms with Crippen molar-refractivity contribution in [1.29, 1.82) is 0 Å². The van der Waals surface area contributed by atoms with E-state index in [1.165, 1.54) is 0 Å². The standard InChI is InChI=1S/C22H24N4O2/c1-15-8-7-9-18(12-15)16(2)14-23-21(27)22(28)24-20-13-17(3)25-26(20)19-10-5-4-6-11-19/h4-13,16H,14H2,1-3H3,(H,23,27)(H,24,28)/t16-/m1/s1. The Kier molecular flexibility index (Phi) is 5.89. The van der Waals surface area contributed by atoms with E-state index >= 15 is 0 Å². The zero-order valence-electron chi connectivity index (χ0n) is 16.3. The average Bonchev–Trinajstić information content (AvgIpc) is 3.06. The summed E-state index contributed by atoms with van der Waals surface area (Å²) in [5.41, 5.74) is 3.84. The third kappa shape index (κ3) is 4.65. The van der Waals surface area contributed by atoms with E-state index in [4.69, 9.17) is 0 Å². The number of hydrogen-bond acceptors (Lipinski definition) is 3. The Labute approximate surface area is 164 Å². The lowest BCUT2D eigenvalue weighted by molar-refractivity contribution is -0.136. The van der Waals surface area contributed by atoms with E-state index < -0.39 is 11.8 Å². The number of rotatable bonds is 5. The van der Waals surface area contributed by atoms with E-state index in [1.54, 1.807) is 10.7 Å². The molecule has 0 spiro atoms. The molecule has 0 aliphatic carbocycles. The van der Waals surface area contributed by atoms with Crippen molar-refractivity contribution in [2.24, 2.45) is 0 Å². The molecule has 1 heterocycles. The Morgan fingerprint density at radius 1 is 1.00 bits per heavy atom. The second-order valence-electron chi connectivity index (χ2n) is 6.90. The van der Waals surface area contributed by atoms with Gasteiger partial charge in [-0.3, -0.25) is 9.59 Å². The van der Waals surface area contributed by atoms with Crippen molar-refractivity contribution < 1.29 is 9.59 Å². The van der Waals surface area contributed by atoms with Crippen molar-refractivity contribution in [3.63, 3.8) is 0 Å². The maximum atomic E-state index is 12.3. The first-order chi connectivity index (χ1) is 13.4. The fourth-order valence-corrected chi connectivity index (χ4v) is 2.95. The Hall–Kier alpha value is -3.41. The molecule has 2 amide bonds. The molecule has 0 saturated heterocycles. The first-order valence-corrected chi connectivity index (χ1v) is 9.22. The molecule has 0 aliphatic rings. The summed E-state index contributed by atoms with van der Waals surface area (Å²) in [6.45, 7) is 6.26. The number of carbonyl (C=O) groups is 2. The molecule has 1 atom stereocenters. The molecule has 0 aliphatic heterocycles. The van der Waals surface area contributed by atoms with Crippen LogP contribution in [0.2, 0.25) is 0 Å². The van der Waals surface area contributed by atoms with Gasteiger partial charge < -0.3 is 10.6 Å². The summed E-state index contributed by atoms with van der Waals surface area (Å²) < 4.78 is 1.61. The number of aromatic nitrogens is 2. The quantitative estimate of drug-likeness (QED) is 0.671. The summed E-state index contributed by atoms with van der Waals surface area (Å²) in [5, 5.41) is 9.74. The van der Waals surface area contributed by atoms with Gasteiger partial charge in [0, 0.05) is 12.6 Å². The van der Waals surface area contributed by atoms with Gasteiger partial charge in [-0.2, -0.15) is 5.10 Å². The van der Waals surface area contributed by atoms with E-state index in [2.05, 4.69) is 21.8 Å². The van der Waals surface area contributed by atoms with Gasteiger partial charge in [-0.15, -0.1) is 0 Å². The van der Waals surface area contributed by atoms with Gasteiger partial charge in [0.2, 0.25) is 0 Å². The highest BCUT2D eigenvalue weighted by molar-refractivity contribution is 6.39. The lowest BCUT2D eigenvalue weighted by Gasteiger charge is -2.14. The van der Waals surface area contributed by atoms with Crippen LogP contribution in [0.15, 0.2) is 60.7 Å². The van der Waals surface area contributed by atoms with Crippen molar-refractivity contribution in [3.8, 4) is 5.69 Å². The minimum atomic E-state index is -0.714. The summed E-state index contributed by atoms with van der Waals surface area (Å²) in [5.74, 6) is -0.823. The summed E-state index contributed by atoms with van der Waals surface area (Å²) in [4.78, 5) is 24.6. The Balaban J connectivity index is 1.63. The topological polar surface area (TPSA) is 76.0 Å². The fraction of sp³-hybridized carbons (Fsp3) is 0.227. The SMILES string of the molecule is Cc1cccc([C@H](C)CNC(=O)C(=O)Nc2cc(C)nn2-c2ccccc2)c1. The molecular formula is C22H24N4O2. The number of hydrogen-bond donors (Lipinski definition) is 2. The van der Waals surface area contributed by atoms with Crippen LogP contribution < -0.4 is 10.6 Å². The zero-order valence-corrected chi connectivity index (χ0v) is 16.3. The van der Waals surface area contributed by atoms with Gasteiger partial charge in [0.05, 0.1) is 11.4 Å². The second-order valence-corrected chi connectivity index (χ2v) is 6.90. The Morgan fingerprint density at radius 2 is 1.75 bits per heavy atom. The van der Waals surface area contributed by atoms with Crippen molar-refractivity contribution in [1.82, 2.24) is 15.1 Å². The van der Waals surface area contributed by atoms with Crippen LogP contribution in [0, 0.1) is 13.8 Å². The molecule has 0 fully saturated rings. The third-order valence-electron chi connectivity index (χ3n) is 4.46. The van der Waals surface area contributed by atoms with Crippen LogP contribution in [0.1, 0.15) is 29.7 Å². The maximum Gasteiger partial charge on any atom is 0.314 e. The first kappa shape index (κ1) is 19.4. The van der Waals surface area contributed by atoms with E-state index in [9.17, 15) is 9.59 Å². The third-order valence-corrected chi connectivity index (χ3v) is 4.46. The molecule has 0 bridgehead atoms. The van der Waals surface area contributed by atoms with E-state index in [1.807, 2.05) is 69.3 Å². The monoisotopic (exact) mass is 376 g/mol. The van der Waals surface area contributed by atoms with Gasteiger partial charge in [-0.25, -0.2) is 4.68 Å². The fourth-order valence-electron chi connectivity index (χ4n) is 2.95. The number of carbonyl (C=O) groups excluding carboxylic acids is 2. The number of benzene rings is 2. The number of nitrogens with zero attached hydrogens (tertiary/aromatic N) is 2. The molecule has 0 saturated carbocycles. The van der Waals surface area contributed by atoms with Crippen LogP contribution in [0.4, 0.5) is 5.82 Å².